The Balaban J connectivity index is 1.67. The van der Waals surface area contributed by atoms with Gasteiger partial charge in [0.15, 0.2) is 0 Å². The van der Waals surface area contributed by atoms with Gasteiger partial charge in [0.05, 0.1) is 22.1 Å². The molecule has 5 nitrogen and oxygen atoms in total. The molecular formula is C15H19N3O2S2. The van der Waals surface area contributed by atoms with Crippen LogP contribution in [0.1, 0.15) is 23.5 Å². The van der Waals surface area contributed by atoms with E-state index in [-0.39, 0.29) is 6.04 Å². The first-order valence-electron chi connectivity index (χ1n) is 7.20. The van der Waals surface area contributed by atoms with E-state index in [4.69, 9.17) is 0 Å². The third-order valence-corrected chi connectivity index (χ3v) is 6.48. The topological polar surface area (TPSA) is 62.3 Å². The van der Waals surface area contributed by atoms with Crippen LogP contribution in [0.25, 0.3) is 0 Å². The van der Waals surface area contributed by atoms with Crippen molar-refractivity contribution in [1.82, 2.24) is 9.29 Å². The Morgan fingerprint density at radius 2 is 2.00 bits per heavy atom. The van der Waals surface area contributed by atoms with Crippen LogP contribution in [0.3, 0.4) is 0 Å². The normalized spacial score (nSPS) is 15.2. The molecule has 3 rings (SSSR count). The van der Waals surface area contributed by atoms with Crippen molar-refractivity contribution in [3.63, 3.8) is 0 Å². The van der Waals surface area contributed by atoms with Crippen LogP contribution >= 0.6 is 11.3 Å². The summed E-state index contributed by atoms with van der Waals surface area (Å²) >= 11 is 1.62. The molecule has 1 saturated carbocycles. The summed E-state index contributed by atoms with van der Waals surface area (Å²) in [5, 5.41) is 6.32. The zero-order valence-electron chi connectivity index (χ0n) is 12.6. The van der Waals surface area contributed by atoms with E-state index in [0.717, 1.165) is 29.2 Å². The maximum absolute atomic E-state index is 12.4. The van der Waals surface area contributed by atoms with E-state index in [1.165, 1.54) is 4.31 Å². The molecule has 0 spiro atoms. The number of nitrogens with one attached hydrogen (secondary N) is 1. The van der Waals surface area contributed by atoms with Crippen LogP contribution in [0.15, 0.2) is 34.5 Å². The van der Waals surface area contributed by atoms with Gasteiger partial charge in [-0.15, -0.1) is 11.3 Å². The van der Waals surface area contributed by atoms with Gasteiger partial charge in [-0.05, 0) is 44.0 Å². The minimum atomic E-state index is -3.36. The molecule has 1 aromatic carbocycles. The molecule has 22 heavy (non-hydrogen) atoms. The van der Waals surface area contributed by atoms with E-state index in [0.29, 0.717) is 11.4 Å². The molecule has 118 valence electrons. The van der Waals surface area contributed by atoms with Crippen molar-refractivity contribution in [2.75, 3.05) is 12.4 Å². The molecular weight excluding hydrogens is 318 g/mol. The predicted molar refractivity (Wildman–Crippen MR) is 88.6 cm³/mol. The van der Waals surface area contributed by atoms with Crippen LogP contribution in [-0.2, 0) is 16.6 Å². The first-order valence-corrected chi connectivity index (χ1v) is 9.52. The monoisotopic (exact) mass is 337 g/mol. The van der Waals surface area contributed by atoms with Gasteiger partial charge in [-0.3, -0.25) is 0 Å². The minimum Gasteiger partial charge on any atom is -0.379 e. The maximum atomic E-state index is 12.4. The van der Waals surface area contributed by atoms with Gasteiger partial charge in [0.2, 0.25) is 10.0 Å². The van der Waals surface area contributed by atoms with Gasteiger partial charge >= 0.3 is 0 Å². The summed E-state index contributed by atoms with van der Waals surface area (Å²) in [5.41, 5.74) is 1.88. The lowest BCUT2D eigenvalue weighted by molar-refractivity contribution is 0.464. The molecule has 7 heteroatoms. The Hall–Kier alpha value is -1.44. The van der Waals surface area contributed by atoms with Gasteiger partial charge in [0.1, 0.15) is 0 Å². The number of aryl methyl sites for hydroxylation is 1. The number of hydrogen-bond donors (Lipinski definition) is 1. The molecule has 2 aromatic rings. The molecule has 0 bridgehead atoms. The second kappa shape index (κ2) is 5.98. The average molecular weight is 337 g/mol. The lowest BCUT2D eigenvalue weighted by Crippen LogP contribution is -2.28. The van der Waals surface area contributed by atoms with Crippen molar-refractivity contribution in [3.8, 4) is 0 Å². The first kappa shape index (κ1) is 15.5. The minimum absolute atomic E-state index is 0.177. The van der Waals surface area contributed by atoms with Crippen LogP contribution in [0.5, 0.6) is 0 Å². The van der Waals surface area contributed by atoms with Crippen molar-refractivity contribution >= 4 is 27.0 Å². The standard InChI is InChI=1S/C15H19N3O2S2/c1-11-17-13(10-21-11)9-16-12-3-7-15(8-4-12)22(19,20)18(2)14-5-6-14/h3-4,7-8,10,14,16H,5-6,9H2,1-2H3. The molecule has 0 radical (unpaired) electrons. The van der Waals surface area contributed by atoms with E-state index in [1.54, 1.807) is 42.6 Å². The number of anilines is 1. The van der Waals surface area contributed by atoms with E-state index < -0.39 is 10.0 Å². The van der Waals surface area contributed by atoms with Gasteiger partial charge < -0.3 is 5.32 Å². The SMILES string of the molecule is Cc1nc(CNc2ccc(S(=O)(=O)N(C)C3CC3)cc2)cs1. The fourth-order valence-corrected chi connectivity index (χ4v) is 4.26. The molecule has 1 aliphatic rings. The average Bonchev–Trinajstić information content (AvgIpc) is 3.27. The molecule has 1 aromatic heterocycles. The summed E-state index contributed by atoms with van der Waals surface area (Å²) in [6, 6.07) is 7.08. The number of benzene rings is 1. The number of aromatic nitrogens is 1. The van der Waals surface area contributed by atoms with Crippen molar-refractivity contribution in [3.05, 3.63) is 40.3 Å². The van der Waals surface area contributed by atoms with Gasteiger partial charge in [0.25, 0.3) is 0 Å². The predicted octanol–water partition coefficient (Wildman–Crippen LogP) is 2.85. The van der Waals surface area contributed by atoms with Crippen LogP contribution in [0.4, 0.5) is 5.69 Å². The molecule has 0 aliphatic heterocycles. The smallest absolute Gasteiger partial charge is 0.243 e. The molecule has 0 saturated heterocycles. The van der Waals surface area contributed by atoms with E-state index >= 15 is 0 Å². The maximum Gasteiger partial charge on any atom is 0.243 e. The lowest BCUT2D eigenvalue weighted by atomic mass is 10.3. The fraction of sp³-hybridized carbons (Fsp3) is 0.400. The summed E-state index contributed by atoms with van der Waals surface area (Å²) in [6.45, 7) is 2.61. The second-order valence-corrected chi connectivity index (χ2v) is 8.55. The number of thiazole rings is 1. The Labute approximate surface area is 135 Å². The Morgan fingerprint density at radius 3 is 2.55 bits per heavy atom. The molecule has 1 heterocycles. The van der Waals surface area contributed by atoms with Gasteiger partial charge in [-0.25, -0.2) is 13.4 Å². The molecule has 0 amide bonds. The van der Waals surface area contributed by atoms with E-state index in [2.05, 4.69) is 10.3 Å². The highest BCUT2D eigenvalue weighted by Gasteiger charge is 2.34. The largest absolute Gasteiger partial charge is 0.379 e. The molecule has 1 fully saturated rings. The van der Waals surface area contributed by atoms with Crippen molar-refractivity contribution in [1.29, 1.82) is 0 Å². The lowest BCUT2D eigenvalue weighted by Gasteiger charge is -2.16. The van der Waals surface area contributed by atoms with Crippen molar-refractivity contribution < 1.29 is 8.42 Å². The third-order valence-electron chi connectivity index (χ3n) is 3.73. The highest BCUT2D eigenvalue weighted by Crippen LogP contribution is 2.30. The highest BCUT2D eigenvalue weighted by atomic mass is 32.2. The van der Waals surface area contributed by atoms with Crippen molar-refractivity contribution in [2.45, 2.75) is 37.2 Å². The number of sulfonamides is 1. The summed E-state index contributed by atoms with van der Waals surface area (Å²) in [7, 11) is -1.70. The van der Waals surface area contributed by atoms with Crippen LogP contribution in [0.2, 0.25) is 0 Å². The number of nitrogens with zero attached hydrogens (tertiary/aromatic N) is 2. The summed E-state index contributed by atoms with van der Waals surface area (Å²) in [4.78, 5) is 4.73. The molecule has 0 atom stereocenters. The second-order valence-electron chi connectivity index (χ2n) is 5.49. The van der Waals surface area contributed by atoms with E-state index in [1.807, 2.05) is 12.3 Å². The van der Waals surface area contributed by atoms with Crippen molar-refractivity contribution in [2.24, 2.45) is 0 Å². The summed E-state index contributed by atoms with van der Waals surface area (Å²) in [5.74, 6) is 0. The quantitative estimate of drug-likeness (QED) is 0.880. The molecule has 1 N–H and O–H groups in total. The highest BCUT2D eigenvalue weighted by molar-refractivity contribution is 7.89. The number of rotatable bonds is 6. The van der Waals surface area contributed by atoms with Gasteiger partial charge in [0, 0.05) is 24.2 Å². The van der Waals surface area contributed by atoms with Gasteiger partial charge in [-0.1, -0.05) is 0 Å². The van der Waals surface area contributed by atoms with Gasteiger partial charge in [-0.2, -0.15) is 4.31 Å². The zero-order valence-corrected chi connectivity index (χ0v) is 14.2. The number of hydrogen-bond acceptors (Lipinski definition) is 5. The van der Waals surface area contributed by atoms with Crippen LogP contribution in [-0.4, -0.2) is 30.8 Å². The Kier molecular flexibility index (Phi) is 4.20. The van der Waals surface area contributed by atoms with Crippen LogP contribution < -0.4 is 5.32 Å². The Morgan fingerprint density at radius 1 is 1.32 bits per heavy atom. The fourth-order valence-electron chi connectivity index (χ4n) is 2.23. The zero-order chi connectivity index (χ0) is 15.7. The molecule has 0 unspecified atom stereocenters. The summed E-state index contributed by atoms with van der Waals surface area (Å²) < 4.78 is 26.3. The third kappa shape index (κ3) is 3.31. The summed E-state index contributed by atoms with van der Waals surface area (Å²) in [6.07, 6.45) is 1.92. The molecule has 1 aliphatic carbocycles. The van der Waals surface area contributed by atoms with E-state index in [9.17, 15) is 8.42 Å². The first-order chi connectivity index (χ1) is 10.5. The Bertz CT molecular complexity index is 749. The van der Waals surface area contributed by atoms with Crippen LogP contribution in [0, 0.1) is 6.92 Å².